The second kappa shape index (κ2) is 7.92. The molecule has 0 bridgehead atoms. The second-order valence-electron chi connectivity index (χ2n) is 6.64. The second-order valence-corrected chi connectivity index (χ2v) is 6.64. The summed E-state index contributed by atoms with van der Waals surface area (Å²) < 4.78 is 16.2. The summed E-state index contributed by atoms with van der Waals surface area (Å²) in [6.45, 7) is 6.44. The summed E-state index contributed by atoms with van der Waals surface area (Å²) in [7, 11) is 3.11. The highest BCUT2D eigenvalue weighted by atomic mass is 16.5. The van der Waals surface area contributed by atoms with Gasteiger partial charge in [0.05, 0.1) is 14.2 Å². The molecule has 1 amide bonds. The number of carbonyl (C=O) groups is 1. The van der Waals surface area contributed by atoms with Crippen LogP contribution in [0.15, 0.2) is 42.5 Å². The quantitative estimate of drug-likeness (QED) is 0.866. The highest BCUT2D eigenvalue weighted by molar-refractivity contribution is 5.95. The van der Waals surface area contributed by atoms with Gasteiger partial charge in [0.25, 0.3) is 5.91 Å². The summed E-state index contributed by atoms with van der Waals surface area (Å²) >= 11 is 0. The van der Waals surface area contributed by atoms with E-state index in [9.17, 15) is 4.79 Å². The molecule has 0 fully saturated rings. The molecule has 1 N–H and O–H groups in total. The molecule has 5 heteroatoms. The topological polar surface area (TPSA) is 56.8 Å². The molecule has 2 rings (SSSR count). The molecule has 0 saturated carbocycles. The summed E-state index contributed by atoms with van der Waals surface area (Å²) in [6, 6.07) is 12.8. The maximum absolute atomic E-state index is 12.4. The Balaban J connectivity index is 2.00. The number of nitrogens with one attached hydrogen (secondary N) is 1. The van der Waals surface area contributed by atoms with Crippen LogP contribution in [0.4, 0.5) is 0 Å². The third kappa shape index (κ3) is 5.71. The van der Waals surface area contributed by atoms with E-state index in [1.165, 1.54) is 0 Å². The van der Waals surface area contributed by atoms with Gasteiger partial charge in [-0.1, -0.05) is 12.1 Å². The molecule has 0 spiro atoms. The van der Waals surface area contributed by atoms with Crippen LogP contribution in [0.25, 0.3) is 0 Å². The standard InChI is InChI=1S/C20H25NO4/c1-20(2,3)25-16-8-6-14(7-9-16)13-21-19(22)15-10-17(23-4)12-18(11-15)24-5/h6-12H,13H2,1-5H3,(H,21,22). The molecular formula is C20H25NO4. The molecule has 0 aliphatic carbocycles. The molecule has 0 saturated heterocycles. The lowest BCUT2D eigenvalue weighted by atomic mass is 10.1. The van der Waals surface area contributed by atoms with Crippen molar-refractivity contribution in [3.63, 3.8) is 0 Å². The molecule has 0 heterocycles. The number of hydrogen-bond donors (Lipinski definition) is 1. The molecule has 134 valence electrons. The third-order valence-corrected chi connectivity index (χ3v) is 3.41. The van der Waals surface area contributed by atoms with Crippen LogP contribution in [0.1, 0.15) is 36.7 Å². The van der Waals surface area contributed by atoms with Crippen molar-refractivity contribution in [3.8, 4) is 17.2 Å². The van der Waals surface area contributed by atoms with Crippen LogP contribution in [0.3, 0.4) is 0 Å². The normalized spacial score (nSPS) is 10.9. The van der Waals surface area contributed by atoms with Crippen molar-refractivity contribution < 1.29 is 19.0 Å². The van der Waals surface area contributed by atoms with Crippen molar-refractivity contribution in [1.82, 2.24) is 5.32 Å². The highest BCUT2D eigenvalue weighted by Crippen LogP contribution is 2.22. The smallest absolute Gasteiger partial charge is 0.251 e. The minimum Gasteiger partial charge on any atom is -0.497 e. The summed E-state index contributed by atoms with van der Waals surface area (Å²) in [5, 5.41) is 2.89. The Hall–Kier alpha value is -2.69. The predicted octanol–water partition coefficient (Wildman–Crippen LogP) is 3.81. The van der Waals surface area contributed by atoms with Crippen molar-refractivity contribution in [3.05, 3.63) is 53.6 Å². The molecule has 0 radical (unpaired) electrons. The van der Waals surface area contributed by atoms with E-state index in [-0.39, 0.29) is 11.5 Å². The SMILES string of the molecule is COc1cc(OC)cc(C(=O)NCc2ccc(OC(C)(C)C)cc2)c1. The highest BCUT2D eigenvalue weighted by Gasteiger charge is 2.12. The number of carbonyl (C=O) groups excluding carboxylic acids is 1. The van der Waals surface area contributed by atoms with Crippen molar-refractivity contribution in [2.45, 2.75) is 32.9 Å². The number of benzene rings is 2. The Morgan fingerprint density at radius 1 is 0.920 bits per heavy atom. The fourth-order valence-electron chi connectivity index (χ4n) is 2.25. The van der Waals surface area contributed by atoms with Gasteiger partial charge in [0.15, 0.2) is 0 Å². The van der Waals surface area contributed by atoms with Gasteiger partial charge in [0.2, 0.25) is 0 Å². The van der Waals surface area contributed by atoms with Crippen molar-refractivity contribution in [1.29, 1.82) is 0 Å². The summed E-state index contributed by atoms with van der Waals surface area (Å²) in [5.74, 6) is 1.77. The van der Waals surface area contributed by atoms with E-state index in [0.717, 1.165) is 11.3 Å². The monoisotopic (exact) mass is 343 g/mol. The zero-order valence-corrected chi connectivity index (χ0v) is 15.4. The predicted molar refractivity (Wildman–Crippen MR) is 97.5 cm³/mol. The molecular weight excluding hydrogens is 318 g/mol. The molecule has 5 nitrogen and oxygen atoms in total. The van der Waals surface area contributed by atoms with E-state index >= 15 is 0 Å². The summed E-state index contributed by atoms with van der Waals surface area (Å²) in [4.78, 5) is 12.4. The Kier molecular flexibility index (Phi) is 5.91. The number of rotatable bonds is 6. The Labute approximate surface area is 148 Å². The number of methoxy groups -OCH3 is 2. The van der Waals surface area contributed by atoms with Gasteiger partial charge >= 0.3 is 0 Å². The third-order valence-electron chi connectivity index (χ3n) is 3.41. The van der Waals surface area contributed by atoms with Crippen LogP contribution in [0.2, 0.25) is 0 Å². The minimum absolute atomic E-state index is 0.188. The molecule has 0 aliphatic heterocycles. The molecule has 2 aromatic rings. The van der Waals surface area contributed by atoms with Gasteiger partial charge in [-0.3, -0.25) is 4.79 Å². The molecule has 0 aromatic heterocycles. The maximum atomic E-state index is 12.4. The summed E-state index contributed by atoms with van der Waals surface area (Å²) in [5.41, 5.74) is 1.24. The average molecular weight is 343 g/mol. The molecule has 0 atom stereocenters. The average Bonchev–Trinajstić information content (AvgIpc) is 2.59. The zero-order chi connectivity index (χ0) is 18.4. The number of hydrogen-bond acceptors (Lipinski definition) is 4. The number of amides is 1. The van der Waals surface area contributed by atoms with Crippen LogP contribution >= 0.6 is 0 Å². The van der Waals surface area contributed by atoms with E-state index in [4.69, 9.17) is 14.2 Å². The van der Waals surface area contributed by atoms with Gasteiger partial charge in [-0.15, -0.1) is 0 Å². The van der Waals surface area contributed by atoms with E-state index in [2.05, 4.69) is 5.32 Å². The maximum Gasteiger partial charge on any atom is 0.251 e. The lowest BCUT2D eigenvalue weighted by Gasteiger charge is -2.21. The lowest BCUT2D eigenvalue weighted by Crippen LogP contribution is -2.23. The fraction of sp³-hybridized carbons (Fsp3) is 0.350. The first-order valence-corrected chi connectivity index (χ1v) is 8.10. The van der Waals surface area contributed by atoms with Crippen LogP contribution in [-0.4, -0.2) is 25.7 Å². The van der Waals surface area contributed by atoms with Crippen molar-refractivity contribution in [2.24, 2.45) is 0 Å². The molecule has 0 aliphatic rings. The molecule has 25 heavy (non-hydrogen) atoms. The van der Waals surface area contributed by atoms with Gasteiger partial charge in [-0.05, 0) is 50.6 Å². The van der Waals surface area contributed by atoms with Crippen molar-refractivity contribution in [2.75, 3.05) is 14.2 Å². The summed E-state index contributed by atoms with van der Waals surface area (Å²) in [6.07, 6.45) is 0. The van der Waals surface area contributed by atoms with E-state index < -0.39 is 0 Å². The van der Waals surface area contributed by atoms with Crippen molar-refractivity contribution >= 4 is 5.91 Å². The van der Waals surface area contributed by atoms with Gasteiger partial charge in [-0.25, -0.2) is 0 Å². The van der Waals surface area contributed by atoms with Gasteiger partial charge in [-0.2, -0.15) is 0 Å². The van der Waals surface area contributed by atoms with Crippen LogP contribution < -0.4 is 19.5 Å². The molecule has 2 aromatic carbocycles. The first-order chi connectivity index (χ1) is 11.8. The Bertz CT molecular complexity index is 695. The Morgan fingerprint density at radius 3 is 1.96 bits per heavy atom. The lowest BCUT2D eigenvalue weighted by molar-refractivity contribution is 0.0950. The zero-order valence-electron chi connectivity index (χ0n) is 15.4. The van der Waals surface area contributed by atoms with Gasteiger partial charge < -0.3 is 19.5 Å². The minimum atomic E-state index is -0.235. The fourth-order valence-corrected chi connectivity index (χ4v) is 2.25. The van der Waals surface area contributed by atoms with E-state index in [1.807, 2.05) is 45.0 Å². The Morgan fingerprint density at radius 2 is 1.48 bits per heavy atom. The van der Waals surface area contributed by atoms with Crippen LogP contribution in [0, 0.1) is 0 Å². The van der Waals surface area contributed by atoms with E-state index in [1.54, 1.807) is 32.4 Å². The number of ether oxygens (including phenoxy) is 3. The van der Waals surface area contributed by atoms with Crippen LogP contribution in [0.5, 0.6) is 17.2 Å². The van der Waals surface area contributed by atoms with E-state index in [0.29, 0.717) is 23.6 Å². The van der Waals surface area contributed by atoms with Gasteiger partial charge in [0, 0.05) is 18.2 Å². The first-order valence-electron chi connectivity index (χ1n) is 8.10. The first kappa shape index (κ1) is 18.6. The molecule has 0 unspecified atom stereocenters. The van der Waals surface area contributed by atoms with Gasteiger partial charge in [0.1, 0.15) is 22.8 Å². The largest absolute Gasteiger partial charge is 0.497 e. The van der Waals surface area contributed by atoms with Crippen LogP contribution in [-0.2, 0) is 6.54 Å².